The van der Waals surface area contributed by atoms with Crippen LogP contribution in [-0.4, -0.2) is 122 Å². The van der Waals surface area contributed by atoms with Gasteiger partial charge in [-0.25, -0.2) is 0 Å². The second-order valence-corrected chi connectivity index (χ2v) is 8.25. The van der Waals surface area contributed by atoms with Crippen molar-refractivity contribution in [3.8, 4) is 0 Å². The molecule has 2 fully saturated rings. The van der Waals surface area contributed by atoms with Gasteiger partial charge in [0.15, 0.2) is 6.29 Å². The van der Waals surface area contributed by atoms with Crippen molar-refractivity contribution in [1.29, 1.82) is 0 Å². The Morgan fingerprint density at radius 1 is 1.00 bits per heavy atom. The first-order chi connectivity index (χ1) is 14.5. The molecule has 0 radical (unpaired) electrons. The molecule has 13 nitrogen and oxygen atoms in total. The van der Waals surface area contributed by atoms with E-state index in [0.717, 1.165) is 0 Å². The summed E-state index contributed by atoms with van der Waals surface area (Å²) in [6.07, 6.45) is -12.9. The highest BCUT2D eigenvalue weighted by Crippen LogP contribution is 2.36. The predicted octanol–water partition coefficient (Wildman–Crippen LogP) is -4.47. The van der Waals surface area contributed by atoms with Gasteiger partial charge < -0.3 is 60.4 Å². The zero-order valence-electron chi connectivity index (χ0n) is 17.4. The Kier molecular flexibility index (Phi) is 9.13. The molecule has 0 aromatic heterocycles. The molecule has 0 bridgehead atoms. The lowest BCUT2D eigenvalue weighted by Gasteiger charge is -2.43. The average molecular weight is 455 g/mol. The van der Waals surface area contributed by atoms with Gasteiger partial charge in [-0.1, -0.05) is 13.8 Å². The molecule has 0 aromatic rings. The topological polar surface area (TPSA) is 222 Å². The summed E-state index contributed by atoms with van der Waals surface area (Å²) >= 11 is 0. The normalized spacial score (nSPS) is 42.0. The van der Waals surface area contributed by atoms with Crippen molar-refractivity contribution < 1.29 is 59.5 Å². The number of rotatable bonds is 9. The van der Waals surface area contributed by atoms with Crippen molar-refractivity contribution in [2.45, 2.75) is 81.1 Å². The molecule has 182 valence electrons. The minimum atomic E-state index is -2.31. The monoisotopic (exact) mass is 455 g/mol. The van der Waals surface area contributed by atoms with E-state index in [2.05, 4.69) is 0 Å². The first-order valence-corrected chi connectivity index (χ1v) is 10.0. The van der Waals surface area contributed by atoms with Crippen LogP contribution in [0.3, 0.4) is 0 Å². The maximum absolute atomic E-state index is 12.2. The number of carbonyl (C=O) groups excluding carboxylic acids is 1. The van der Waals surface area contributed by atoms with Crippen molar-refractivity contribution in [2.24, 2.45) is 11.7 Å². The number of aliphatic hydroxyl groups is 7. The molecule has 2 rings (SSSR count). The highest BCUT2D eigenvalue weighted by Gasteiger charge is 2.59. The van der Waals surface area contributed by atoms with E-state index in [1.807, 2.05) is 13.8 Å². The number of hydrogen-bond acceptors (Lipinski definition) is 13. The molecule has 2 aliphatic heterocycles. The standard InChI is InChI=1S/C18H33NO12/c1-7(2)3-8(19)16(27)28-6-18(15(26)12(23)10(5-21)30-18)31-17-14(25)13(24)11(22)9(4-20)29-17/h7-15,17,20-26H,3-6,19H2,1-2H3/t8-,9+,10+,11+,12+,13-,14+,15-,17+,18-/m0/s1. The molecule has 10 atom stereocenters. The number of carbonyl (C=O) groups is 1. The molecule has 0 unspecified atom stereocenters. The van der Waals surface area contributed by atoms with Crippen LogP contribution in [0.1, 0.15) is 20.3 Å². The van der Waals surface area contributed by atoms with Crippen LogP contribution in [0, 0.1) is 5.92 Å². The smallest absolute Gasteiger partial charge is 0.323 e. The van der Waals surface area contributed by atoms with Crippen LogP contribution < -0.4 is 5.73 Å². The maximum Gasteiger partial charge on any atom is 0.323 e. The molecule has 13 heteroatoms. The summed E-state index contributed by atoms with van der Waals surface area (Å²) in [4.78, 5) is 12.2. The molecule has 0 saturated carbocycles. The lowest BCUT2D eigenvalue weighted by atomic mass is 9.99. The SMILES string of the molecule is CC(C)C[C@H](N)C(=O)OC[C@@]1(O[C@H]2O[C@H](CO)[C@@H](O)[C@H](O)[C@H]2O)O[C@H](CO)[C@@H](O)[C@@H]1O. The van der Waals surface area contributed by atoms with Gasteiger partial charge in [0.05, 0.1) is 13.2 Å². The quantitative estimate of drug-likeness (QED) is 0.154. The summed E-state index contributed by atoms with van der Waals surface area (Å²) in [6, 6.07) is -0.985. The van der Waals surface area contributed by atoms with Gasteiger partial charge in [0.2, 0.25) is 5.79 Å². The van der Waals surface area contributed by atoms with E-state index in [-0.39, 0.29) is 5.92 Å². The Morgan fingerprint density at radius 2 is 1.61 bits per heavy atom. The first kappa shape index (κ1) is 26.3. The molecule has 0 amide bonds. The maximum atomic E-state index is 12.2. The molecule has 0 aromatic carbocycles. The molecule has 31 heavy (non-hydrogen) atoms. The minimum Gasteiger partial charge on any atom is -0.459 e. The molecular weight excluding hydrogens is 422 g/mol. The van der Waals surface area contributed by atoms with Crippen LogP contribution in [0.4, 0.5) is 0 Å². The Labute approximate surface area is 178 Å². The molecule has 2 heterocycles. The highest BCUT2D eigenvalue weighted by atomic mass is 16.8. The van der Waals surface area contributed by atoms with Gasteiger partial charge in [0, 0.05) is 0 Å². The van der Waals surface area contributed by atoms with Crippen molar-refractivity contribution in [3.05, 3.63) is 0 Å². The van der Waals surface area contributed by atoms with Crippen molar-refractivity contribution in [1.82, 2.24) is 0 Å². The molecule has 0 aliphatic carbocycles. The minimum absolute atomic E-state index is 0.0933. The predicted molar refractivity (Wildman–Crippen MR) is 99.9 cm³/mol. The van der Waals surface area contributed by atoms with Crippen molar-refractivity contribution in [2.75, 3.05) is 19.8 Å². The summed E-state index contributed by atoms with van der Waals surface area (Å²) in [5, 5.41) is 69.5. The molecule has 9 N–H and O–H groups in total. The number of hydrogen-bond donors (Lipinski definition) is 8. The third-order valence-corrected chi connectivity index (χ3v) is 5.29. The van der Waals surface area contributed by atoms with Crippen LogP contribution in [0.25, 0.3) is 0 Å². The third-order valence-electron chi connectivity index (χ3n) is 5.29. The zero-order valence-corrected chi connectivity index (χ0v) is 17.4. The summed E-state index contributed by atoms with van der Waals surface area (Å²) in [6.45, 7) is 1.44. The van der Waals surface area contributed by atoms with E-state index in [9.17, 15) is 40.5 Å². The number of nitrogens with two attached hydrogens (primary N) is 1. The fraction of sp³-hybridized carbons (Fsp3) is 0.944. The molecular formula is C18H33NO12. The van der Waals surface area contributed by atoms with Crippen LogP contribution in [0.5, 0.6) is 0 Å². The Bertz CT molecular complexity index is 592. The van der Waals surface area contributed by atoms with Gasteiger partial charge in [0.25, 0.3) is 0 Å². The van der Waals surface area contributed by atoms with Crippen LogP contribution in [-0.2, 0) is 23.7 Å². The summed E-state index contributed by atoms with van der Waals surface area (Å²) in [5.74, 6) is -3.06. The summed E-state index contributed by atoms with van der Waals surface area (Å²) < 4.78 is 21.3. The van der Waals surface area contributed by atoms with E-state index in [0.29, 0.717) is 6.42 Å². The van der Waals surface area contributed by atoms with Gasteiger partial charge in [0.1, 0.15) is 55.4 Å². The third kappa shape index (κ3) is 5.69. The lowest BCUT2D eigenvalue weighted by molar-refractivity contribution is -0.383. The fourth-order valence-electron chi connectivity index (χ4n) is 3.50. The number of aliphatic hydroxyl groups excluding tert-OH is 7. The zero-order chi connectivity index (χ0) is 23.5. The van der Waals surface area contributed by atoms with Crippen LogP contribution in [0.2, 0.25) is 0 Å². The van der Waals surface area contributed by atoms with E-state index in [1.165, 1.54) is 0 Å². The Morgan fingerprint density at radius 3 is 2.13 bits per heavy atom. The van der Waals surface area contributed by atoms with Gasteiger partial charge in [-0.3, -0.25) is 4.79 Å². The largest absolute Gasteiger partial charge is 0.459 e. The van der Waals surface area contributed by atoms with Crippen molar-refractivity contribution >= 4 is 5.97 Å². The summed E-state index contributed by atoms with van der Waals surface area (Å²) in [7, 11) is 0. The molecule has 0 spiro atoms. The van der Waals surface area contributed by atoms with E-state index < -0.39 is 86.6 Å². The second kappa shape index (κ2) is 10.8. The molecule has 2 saturated heterocycles. The second-order valence-electron chi connectivity index (χ2n) is 8.25. The highest BCUT2D eigenvalue weighted by molar-refractivity contribution is 5.75. The van der Waals surface area contributed by atoms with Crippen LogP contribution >= 0.6 is 0 Å². The van der Waals surface area contributed by atoms with Gasteiger partial charge in [-0.15, -0.1) is 0 Å². The van der Waals surface area contributed by atoms with E-state index in [1.54, 1.807) is 0 Å². The van der Waals surface area contributed by atoms with Gasteiger partial charge in [-0.2, -0.15) is 0 Å². The average Bonchev–Trinajstić information content (AvgIpc) is 2.96. The van der Waals surface area contributed by atoms with Gasteiger partial charge in [-0.05, 0) is 12.3 Å². The Hall–Kier alpha value is -0.970. The van der Waals surface area contributed by atoms with Crippen molar-refractivity contribution in [3.63, 3.8) is 0 Å². The van der Waals surface area contributed by atoms with E-state index >= 15 is 0 Å². The van der Waals surface area contributed by atoms with Crippen LogP contribution in [0.15, 0.2) is 0 Å². The number of ether oxygens (including phenoxy) is 4. The first-order valence-electron chi connectivity index (χ1n) is 10.0. The molecule has 2 aliphatic rings. The fourth-order valence-corrected chi connectivity index (χ4v) is 3.50. The lowest BCUT2D eigenvalue weighted by Crippen LogP contribution is -2.63. The van der Waals surface area contributed by atoms with E-state index in [4.69, 9.17) is 24.7 Å². The summed E-state index contributed by atoms with van der Waals surface area (Å²) in [5.41, 5.74) is 5.78. The van der Waals surface area contributed by atoms with Gasteiger partial charge >= 0.3 is 5.97 Å². The Balaban J connectivity index is 2.22. The number of esters is 1.